The molecule has 2 aliphatic rings. The van der Waals surface area contributed by atoms with Gasteiger partial charge in [-0.05, 0) is 109 Å². The molecule has 0 spiro atoms. The molecule has 5 aromatic rings. The van der Waals surface area contributed by atoms with Gasteiger partial charge in [-0.25, -0.2) is 4.98 Å². The van der Waals surface area contributed by atoms with Crippen LogP contribution in [0.4, 0.5) is 13.2 Å². The van der Waals surface area contributed by atoms with Crippen molar-refractivity contribution in [2.75, 3.05) is 26.7 Å². The average molecular weight is 751 g/mol. The minimum Gasteiger partial charge on any atom is -0.496 e. The average Bonchev–Trinajstić information content (AvgIpc) is 3.95. The number of β-amino-alcohol motifs (C(OH)–C–C–N with tert-alkyl or cyclic N) is 1. The first-order valence-corrected chi connectivity index (χ1v) is 18.2. The Bertz CT molecular complexity index is 2320. The smallest absolute Gasteiger partial charge is 0.417 e. The molecule has 2 aliphatic heterocycles. The number of carbonyl (C=O) groups excluding carboxylic acids is 1. The molecule has 12 heteroatoms. The van der Waals surface area contributed by atoms with Crippen LogP contribution in [0.5, 0.6) is 5.75 Å². The van der Waals surface area contributed by atoms with Crippen LogP contribution in [0.15, 0.2) is 65.1 Å². The zero-order valence-electron chi connectivity index (χ0n) is 30.8. The molecule has 9 nitrogen and oxygen atoms in total. The number of hydrogen-bond donors (Lipinski definition) is 2. The van der Waals surface area contributed by atoms with Gasteiger partial charge in [-0.1, -0.05) is 42.5 Å². The first-order valence-electron chi connectivity index (χ1n) is 18.2. The molecular formula is C43H41F3N4O5. The fourth-order valence-corrected chi connectivity index (χ4v) is 7.52. The molecule has 284 valence electrons. The molecule has 0 bridgehead atoms. The highest BCUT2D eigenvalue weighted by atomic mass is 19.4. The highest BCUT2D eigenvalue weighted by molar-refractivity contribution is 5.86. The highest BCUT2D eigenvalue weighted by Gasteiger charge is 2.34. The summed E-state index contributed by atoms with van der Waals surface area (Å²) in [5.74, 6) is 0.0525. The Morgan fingerprint density at radius 3 is 2.49 bits per heavy atom. The largest absolute Gasteiger partial charge is 0.496 e. The zero-order valence-corrected chi connectivity index (χ0v) is 30.8. The van der Waals surface area contributed by atoms with Crippen molar-refractivity contribution in [3.8, 4) is 34.4 Å². The number of rotatable bonds is 10. The lowest BCUT2D eigenvalue weighted by Crippen LogP contribution is -2.32. The number of nitrogens with zero attached hydrogens (tertiary/aromatic N) is 3. The van der Waals surface area contributed by atoms with E-state index in [0.29, 0.717) is 48.6 Å². The summed E-state index contributed by atoms with van der Waals surface area (Å²) in [5.41, 5.74) is 6.41. The summed E-state index contributed by atoms with van der Waals surface area (Å²) < 4.78 is 60.3. The van der Waals surface area contributed by atoms with Gasteiger partial charge in [0.1, 0.15) is 30.0 Å². The number of nitriles is 1. The van der Waals surface area contributed by atoms with E-state index in [1.807, 2.05) is 62.4 Å². The van der Waals surface area contributed by atoms with E-state index in [4.69, 9.17) is 18.9 Å². The van der Waals surface area contributed by atoms with E-state index in [-0.39, 0.29) is 29.6 Å². The molecule has 7 rings (SSSR count). The Hall–Kier alpha value is -5.48. The first-order chi connectivity index (χ1) is 26.4. The molecule has 1 unspecified atom stereocenters. The Balaban J connectivity index is 1.18. The third kappa shape index (κ3) is 8.01. The molecule has 0 saturated carbocycles. The maximum Gasteiger partial charge on any atom is 0.417 e. The molecule has 2 fully saturated rings. The summed E-state index contributed by atoms with van der Waals surface area (Å²) in [6.45, 7) is 6.18. The third-order valence-electron chi connectivity index (χ3n) is 10.5. The SMILES string of the molecule is COc1cc(/C=C/c2cccc(-c3cccc(-c4nc5cc(CN6CCC(O)C6)cc(C#N)c5o4)c3C)c2C)c(C(F)(F)F)cc1COC(=O)[C@@H]1CCCN1. The summed E-state index contributed by atoms with van der Waals surface area (Å²) in [7, 11) is 1.37. The monoisotopic (exact) mass is 750 g/mol. The molecular weight excluding hydrogens is 709 g/mol. The second-order valence-electron chi connectivity index (χ2n) is 14.1. The predicted molar refractivity (Wildman–Crippen MR) is 203 cm³/mol. The predicted octanol–water partition coefficient (Wildman–Crippen LogP) is 8.21. The maximum absolute atomic E-state index is 14.4. The number of carbonyl (C=O) groups is 1. The van der Waals surface area contributed by atoms with Crippen molar-refractivity contribution in [2.24, 2.45) is 0 Å². The number of halogens is 3. The van der Waals surface area contributed by atoms with Crippen LogP contribution in [0.1, 0.15) is 63.8 Å². The summed E-state index contributed by atoms with van der Waals surface area (Å²) in [6, 6.07) is 19.2. The van der Waals surface area contributed by atoms with E-state index in [1.165, 1.54) is 19.3 Å². The van der Waals surface area contributed by atoms with Gasteiger partial charge in [-0.2, -0.15) is 18.4 Å². The summed E-state index contributed by atoms with van der Waals surface area (Å²) >= 11 is 0. The fraction of sp³-hybridized carbons (Fsp3) is 0.326. The minimum atomic E-state index is -4.68. The van der Waals surface area contributed by atoms with Crippen molar-refractivity contribution in [1.29, 1.82) is 5.26 Å². The van der Waals surface area contributed by atoms with Crippen LogP contribution < -0.4 is 10.1 Å². The van der Waals surface area contributed by atoms with Crippen molar-refractivity contribution < 1.29 is 37.0 Å². The summed E-state index contributed by atoms with van der Waals surface area (Å²) in [6.07, 6.45) is 0.219. The van der Waals surface area contributed by atoms with Crippen LogP contribution in [-0.4, -0.2) is 59.8 Å². The number of likely N-dealkylation sites (tertiary alicyclic amines) is 1. The number of esters is 1. The van der Waals surface area contributed by atoms with Gasteiger partial charge in [-0.3, -0.25) is 9.69 Å². The molecule has 4 aromatic carbocycles. The number of oxazole rings is 1. The molecule has 0 amide bonds. The third-order valence-corrected chi connectivity index (χ3v) is 10.5. The number of ether oxygens (including phenoxy) is 2. The molecule has 3 heterocycles. The Labute approximate surface area is 317 Å². The van der Waals surface area contributed by atoms with Crippen LogP contribution in [0, 0.1) is 25.2 Å². The van der Waals surface area contributed by atoms with Gasteiger partial charge in [0.25, 0.3) is 0 Å². The number of nitrogens with one attached hydrogen (secondary N) is 1. The van der Waals surface area contributed by atoms with Crippen molar-refractivity contribution in [2.45, 2.75) is 64.6 Å². The van der Waals surface area contributed by atoms with Crippen LogP contribution in [0.25, 0.3) is 45.8 Å². The van der Waals surface area contributed by atoms with Gasteiger partial charge < -0.3 is 24.3 Å². The molecule has 55 heavy (non-hydrogen) atoms. The molecule has 0 radical (unpaired) electrons. The second-order valence-corrected chi connectivity index (χ2v) is 14.1. The Kier molecular flexibility index (Phi) is 10.8. The van der Waals surface area contributed by atoms with Crippen LogP contribution in [0.3, 0.4) is 0 Å². The van der Waals surface area contributed by atoms with E-state index in [1.54, 1.807) is 6.08 Å². The lowest BCUT2D eigenvalue weighted by atomic mass is 9.91. The molecule has 0 aliphatic carbocycles. The Morgan fingerprint density at radius 1 is 1.05 bits per heavy atom. The zero-order chi connectivity index (χ0) is 38.9. The number of hydrogen-bond acceptors (Lipinski definition) is 9. The minimum absolute atomic E-state index is 0.0891. The van der Waals surface area contributed by atoms with Gasteiger partial charge >= 0.3 is 12.1 Å². The number of methoxy groups -OCH3 is 1. The van der Waals surface area contributed by atoms with Crippen molar-refractivity contribution >= 4 is 29.2 Å². The number of fused-ring (bicyclic) bond motifs is 1. The fourth-order valence-electron chi connectivity index (χ4n) is 7.52. The van der Waals surface area contributed by atoms with Gasteiger partial charge in [0.05, 0.1) is 24.3 Å². The topological polar surface area (TPSA) is 121 Å². The maximum atomic E-state index is 14.4. The van der Waals surface area contributed by atoms with Crippen LogP contribution in [0.2, 0.25) is 0 Å². The number of benzene rings is 4. The highest BCUT2D eigenvalue weighted by Crippen LogP contribution is 2.39. The van der Waals surface area contributed by atoms with Crippen LogP contribution in [-0.2, 0) is 28.9 Å². The van der Waals surface area contributed by atoms with Gasteiger partial charge in [-0.15, -0.1) is 0 Å². The molecule has 2 saturated heterocycles. The Morgan fingerprint density at radius 2 is 1.80 bits per heavy atom. The summed E-state index contributed by atoms with van der Waals surface area (Å²) in [4.78, 5) is 19.4. The first kappa shape index (κ1) is 37.8. The molecule has 1 aromatic heterocycles. The second kappa shape index (κ2) is 15.7. The number of aromatic nitrogens is 1. The van der Waals surface area contributed by atoms with Crippen LogP contribution >= 0.6 is 0 Å². The standard InChI is InChI=1S/C43H41F3N4O5/c1-25-28(12-13-29-20-39(53-3)31(19-36(29)43(44,45)46)24-54-42(52)37-11-6-15-48-37)7-4-8-33(25)34-9-5-10-35(26(34)2)41-49-38-18-27(17-30(21-47)40(38)55-41)22-50-16-14-32(51)23-50/h4-5,7-10,12-13,17-20,32,37,48,51H,6,11,14-16,22-24H2,1-3H3/b13-12+/t32?,37-/m0/s1. The van der Waals surface area contributed by atoms with Crippen molar-refractivity contribution in [3.05, 3.63) is 105 Å². The molecule has 2 atom stereocenters. The lowest BCUT2D eigenvalue weighted by molar-refractivity contribution is -0.147. The van der Waals surface area contributed by atoms with E-state index >= 15 is 0 Å². The van der Waals surface area contributed by atoms with Gasteiger partial charge in [0.2, 0.25) is 5.89 Å². The van der Waals surface area contributed by atoms with Gasteiger partial charge in [0.15, 0.2) is 5.58 Å². The molecule has 2 N–H and O–H groups in total. The van der Waals surface area contributed by atoms with E-state index in [2.05, 4.69) is 16.3 Å². The number of aliphatic hydroxyl groups is 1. The quantitative estimate of drug-likeness (QED) is 0.108. The van der Waals surface area contributed by atoms with E-state index < -0.39 is 23.8 Å². The van der Waals surface area contributed by atoms with E-state index in [0.717, 1.165) is 64.4 Å². The van der Waals surface area contributed by atoms with Crippen molar-refractivity contribution in [3.63, 3.8) is 0 Å². The summed E-state index contributed by atoms with van der Waals surface area (Å²) in [5, 5.41) is 22.9. The number of aliphatic hydroxyl groups excluding tert-OH is 1. The van der Waals surface area contributed by atoms with E-state index in [9.17, 15) is 28.3 Å². The van der Waals surface area contributed by atoms with Gasteiger partial charge in [0, 0.05) is 30.8 Å². The normalized spacial score (nSPS) is 17.6. The lowest BCUT2D eigenvalue weighted by Gasteiger charge is -2.17. The van der Waals surface area contributed by atoms with Crippen molar-refractivity contribution in [1.82, 2.24) is 15.2 Å². The number of alkyl halides is 3.